The highest BCUT2D eigenvalue weighted by atomic mass is 16.2. The van der Waals surface area contributed by atoms with Crippen molar-refractivity contribution in [2.75, 3.05) is 13.2 Å². The number of aliphatic hydroxyl groups is 1. The first-order chi connectivity index (χ1) is 6.29. The van der Waals surface area contributed by atoms with Gasteiger partial charge in [0.1, 0.15) is 11.6 Å². The van der Waals surface area contributed by atoms with Gasteiger partial charge in [0.2, 0.25) is 0 Å². The maximum absolute atomic E-state index is 8.67. The Morgan fingerprint density at radius 2 is 2.23 bits per heavy atom. The fourth-order valence-corrected chi connectivity index (χ4v) is 1.27. The molecule has 0 aliphatic heterocycles. The molecule has 1 heterocycles. The molecule has 0 saturated carbocycles. The zero-order valence-electron chi connectivity index (χ0n) is 7.90. The molecule has 0 aliphatic carbocycles. The fraction of sp³-hybridized carbons (Fsp3) is 0.750. The second kappa shape index (κ2) is 4.94. The van der Waals surface area contributed by atoms with Crippen molar-refractivity contribution in [1.29, 1.82) is 0 Å². The van der Waals surface area contributed by atoms with E-state index in [1.165, 1.54) is 0 Å². The molecule has 0 unspecified atom stereocenters. The van der Waals surface area contributed by atoms with Crippen LogP contribution in [0.3, 0.4) is 0 Å². The van der Waals surface area contributed by atoms with E-state index >= 15 is 0 Å². The van der Waals surface area contributed by atoms with E-state index < -0.39 is 0 Å². The number of aryl methyl sites for hydroxylation is 2. The molecule has 0 atom stereocenters. The molecule has 0 radical (unpaired) electrons. The molecule has 0 aromatic carbocycles. The molecule has 0 amide bonds. The number of aliphatic hydroxyl groups excluding tert-OH is 1. The van der Waals surface area contributed by atoms with Gasteiger partial charge in [-0.2, -0.15) is 0 Å². The molecular formula is C8H16N4O. The Balaban J connectivity index is 2.68. The zero-order chi connectivity index (χ0) is 9.68. The Hall–Kier alpha value is -0.940. The second-order valence-corrected chi connectivity index (χ2v) is 2.93. The summed E-state index contributed by atoms with van der Waals surface area (Å²) in [5, 5.41) is 16.7. The standard InChI is InChI=1S/C8H16N4O/c1-7-10-11-8(3-2-6-13)12(7)5-4-9/h13H,2-6,9H2,1H3. The maximum Gasteiger partial charge on any atom is 0.133 e. The van der Waals surface area contributed by atoms with E-state index in [-0.39, 0.29) is 6.61 Å². The van der Waals surface area contributed by atoms with Crippen LogP contribution in [0.25, 0.3) is 0 Å². The molecule has 0 bridgehead atoms. The van der Waals surface area contributed by atoms with Gasteiger partial charge in [-0.1, -0.05) is 0 Å². The molecule has 74 valence electrons. The molecule has 0 saturated heterocycles. The first-order valence-electron chi connectivity index (χ1n) is 4.49. The average molecular weight is 184 g/mol. The van der Waals surface area contributed by atoms with E-state index in [1.54, 1.807) is 0 Å². The SMILES string of the molecule is Cc1nnc(CCCO)n1CCN. The van der Waals surface area contributed by atoms with Crippen molar-refractivity contribution in [3.63, 3.8) is 0 Å². The van der Waals surface area contributed by atoms with E-state index in [0.717, 1.165) is 31.0 Å². The predicted octanol–water partition coefficient (Wildman–Crippen LogP) is -0.530. The Morgan fingerprint density at radius 1 is 1.46 bits per heavy atom. The highest BCUT2D eigenvalue weighted by Crippen LogP contribution is 2.02. The summed E-state index contributed by atoms with van der Waals surface area (Å²) in [6.45, 7) is 3.43. The van der Waals surface area contributed by atoms with Crippen LogP contribution in [0.2, 0.25) is 0 Å². The minimum atomic E-state index is 0.189. The number of rotatable bonds is 5. The molecule has 3 N–H and O–H groups in total. The van der Waals surface area contributed by atoms with E-state index in [4.69, 9.17) is 10.8 Å². The van der Waals surface area contributed by atoms with Crippen LogP contribution in [0.15, 0.2) is 0 Å². The Kier molecular flexibility index (Phi) is 3.85. The Labute approximate surface area is 77.6 Å². The zero-order valence-corrected chi connectivity index (χ0v) is 7.90. The van der Waals surface area contributed by atoms with Crippen molar-refractivity contribution in [2.45, 2.75) is 26.3 Å². The van der Waals surface area contributed by atoms with E-state index in [9.17, 15) is 0 Å². The van der Waals surface area contributed by atoms with Crippen molar-refractivity contribution in [3.8, 4) is 0 Å². The number of hydrogen-bond acceptors (Lipinski definition) is 4. The van der Waals surface area contributed by atoms with Crippen LogP contribution in [0.4, 0.5) is 0 Å². The van der Waals surface area contributed by atoms with Gasteiger partial charge in [0.05, 0.1) is 0 Å². The van der Waals surface area contributed by atoms with Crippen LogP contribution in [0.5, 0.6) is 0 Å². The molecule has 5 heteroatoms. The van der Waals surface area contributed by atoms with Crippen molar-refractivity contribution < 1.29 is 5.11 Å². The van der Waals surface area contributed by atoms with Crippen LogP contribution in [0.1, 0.15) is 18.1 Å². The third-order valence-electron chi connectivity index (χ3n) is 1.92. The molecule has 1 aromatic heterocycles. The van der Waals surface area contributed by atoms with E-state index in [2.05, 4.69) is 10.2 Å². The largest absolute Gasteiger partial charge is 0.396 e. The normalized spacial score (nSPS) is 10.7. The molecular weight excluding hydrogens is 168 g/mol. The van der Waals surface area contributed by atoms with Gasteiger partial charge in [-0.15, -0.1) is 10.2 Å². The summed E-state index contributed by atoms with van der Waals surface area (Å²) in [7, 11) is 0. The van der Waals surface area contributed by atoms with Gasteiger partial charge in [0.15, 0.2) is 0 Å². The van der Waals surface area contributed by atoms with Crippen molar-refractivity contribution >= 4 is 0 Å². The summed E-state index contributed by atoms with van der Waals surface area (Å²) in [6, 6.07) is 0. The summed E-state index contributed by atoms with van der Waals surface area (Å²) in [4.78, 5) is 0. The monoisotopic (exact) mass is 184 g/mol. The van der Waals surface area contributed by atoms with Crippen molar-refractivity contribution in [3.05, 3.63) is 11.6 Å². The molecule has 1 rings (SSSR count). The van der Waals surface area contributed by atoms with Crippen LogP contribution in [0, 0.1) is 6.92 Å². The average Bonchev–Trinajstić information content (AvgIpc) is 2.46. The van der Waals surface area contributed by atoms with Crippen molar-refractivity contribution in [1.82, 2.24) is 14.8 Å². The highest BCUT2D eigenvalue weighted by molar-refractivity contribution is 4.94. The molecule has 5 nitrogen and oxygen atoms in total. The lowest BCUT2D eigenvalue weighted by Gasteiger charge is -2.05. The summed E-state index contributed by atoms with van der Waals surface area (Å²) >= 11 is 0. The first-order valence-corrected chi connectivity index (χ1v) is 4.49. The Bertz CT molecular complexity index is 259. The Morgan fingerprint density at radius 3 is 2.85 bits per heavy atom. The van der Waals surface area contributed by atoms with E-state index in [0.29, 0.717) is 6.54 Å². The minimum Gasteiger partial charge on any atom is -0.396 e. The summed E-state index contributed by atoms with van der Waals surface area (Å²) in [5.41, 5.74) is 5.46. The van der Waals surface area contributed by atoms with Crippen LogP contribution in [-0.4, -0.2) is 33.0 Å². The predicted molar refractivity (Wildman–Crippen MR) is 49.2 cm³/mol. The van der Waals surface area contributed by atoms with Crippen LogP contribution >= 0.6 is 0 Å². The lowest BCUT2D eigenvalue weighted by atomic mass is 10.3. The smallest absolute Gasteiger partial charge is 0.133 e. The highest BCUT2D eigenvalue weighted by Gasteiger charge is 2.06. The lowest BCUT2D eigenvalue weighted by molar-refractivity contribution is 0.286. The number of nitrogens with zero attached hydrogens (tertiary/aromatic N) is 3. The summed E-state index contributed by atoms with van der Waals surface area (Å²) < 4.78 is 2.00. The van der Waals surface area contributed by atoms with E-state index in [1.807, 2.05) is 11.5 Å². The summed E-state index contributed by atoms with van der Waals surface area (Å²) in [5.74, 6) is 1.80. The number of nitrogens with two attached hydrogens (primary N) is 1. The van der Waals surface area contributed by atoms with Gasteiger partial charge in [0, 0.05) is 26.1 Å². The second-order valence-electron chi connectivity index (χ2n) is 2.93. The molecule has 0 spiro atoms. The van der Waals surface area contributed by atoms with Crippen LogP contribution in [-0.2, 0) is 13.0 Å². The molecule has 0 aliphatic rings. The van der Waals surface area contributed by atoms with Crippen molar-refractivity contribution in [2.24, 2.45) is 5.73 Å². The first kappa shape index (κ1) is 10.1. The minimum absolute atomic E-state index is 0.189. The van der Waals surface area contributed by atoms with Gasteiger partial charge in [0.25, 0.3) is 0 Å². The van der Waals surface area contributed by atoms with Gasteiger partial charge in [-0.05, 0) is 13.3 Å². The fourth-order valence-electron chi connectivity index (χ4n) is 1.27. The maximum atomic E-state index is 8.67. The summed E-state index contributed by atoms with van der Waals surface area (Å²) in [6.07, 6.45) is 1.49. The number of hydrogen-bond donors (Lipinski definition) is 2. The molecule has 13 heavy (non-hydrogen) atoms. The molecule has 0 fully saturated rings. The topological polar surface area (TPSA) is 77.0 Å². The van der Waals surface area contributed by atoms with Gasteiger partial charge in [-0.3, -0.25) is 0 Å². The number of aromatic nitrogens is 3. The van der Waals surface area contributed by atoms with Gasteiger partial charge >= 0.3 is 0 Å². The lowest BCUT2D eigenvalue weighted by Crippen LogP contribution is -2.14. The quantitative estimate of drug-likeness (QED) is 0.645. The van der Waals surface area contributed by atoms with Gasteiger partial charge < -0.3 is 15.4 Å². The molecule has 1 aromatic rings. The third kappa shape index (κ3) is 2.50. The van der Waals surface area contributed by atoms with Crippen LogP contribution < -0.4 is 5.73 Å². The third-order valence-corrected chi connectivity index (χ3v) is 1.92. The van der Waals surface area contributed by atoms with Gasteiger partial charge in [-0.25, -0.2) is 0 Å².